The summed E-state index contributed by atoms with van der Waals surface area (Å²) >= 11 is 11.6. The molecule has 0 bridgehead atoms. The van der Waals surface area contributed by atoms with E-state index in [-0.39, 0.29) is 6.04 Å². The number of thiocarbonyl (C=S) groups is 1. The van der Waals surface area contributed by atoms with E-state index in [4.69, 9.17) is 23.8 Å². The standard InChI is InChI=1S/C14H21ClN2S/c1-4-5-10-16-14(18)17(3)11(2)12-8-6-7-9-13(12)15/h6-9,11H,4-5,10H2,1-3H3,(H,16,18). The van der Waals surface area contributed by atoms with Gasteiger partial charge in [0, 0.05) is 18.6 Å². The molecule has 0 aliphatic rings. The van der Waals surface area contributed by atoms with Gasteiger partial charge in [-0.1, -0.05) is 43.1 Å². The van der Waals surface area contributed by atoms with Crippen LogP contribution in [0.25, 0.3) is 0 Å². The molecule has 0 aromatic heterocycles. The Balaban J connectivity index is 2.63. The van der Waals surface area contributed by atoms with Crippen LogP contribution in [-0.2, 0) is 0 Å². The highest BCUT2D eigenvalue weighted by molar-refractivity contribution is 7.80. The van der Waals surface area contributed by atoms with Crippen molar-refractivity contribution in [2.45, 2.75) is 32.7 Å². The molecule has 18 heavy (non-hydrogen) atoms. The van der Waals surface area contributed by atoms with Crippen LogP contribution < -0.4 is 5.32 Å². The van der Waals surface area contributed by atoms with Crippen LogP contribution >= 0.6 is 23.8 Å². The average Bonchev–Trinajstić information content (AvgIpc) is 2.38. The summed E-state index contributed by atoms with van der Waals surface area (Å²) in [5, 5.41) is 4.83. The Morgan fingerprint density at radius 2 is 2.11 bits per heavy atom. The van der Waals surface area contributed by atoms with E-state index in [1.807, 2.05) is 36.2 Å². The van der Waals surface area contributed by atoms with Gasteiger partial charge in [0.2, 0.25) is 0 Å². The Bertz CT molecular complexity index is 395. The monoisotopic (exact) mass is 284 g/mol. The van der Waals surface area contributed by atoms with Crippen LogP contribution in [0.3, 0.4) is 0 Å². The highest BCUT2D eigenvalue weighted by Crippen LogP contribution is 2.26. The molecule has 1 unspecified atom stereocenters. The highest BCUT2D eigenvalue weighted by Gasteiger charge is 2.16. The van der Waals surface area contributed by atoms with Crippen LogP contribution in [0.2, 0.25) is 5.02 Å². The van der Waals surface area contributed by atoms with Gasteiger partial charge in [-0.2, -0.15) is 0 Å². The molecule has 1 rings (SSSR count). The first-order valence-electron chi connectivity index (χ1n) is 6.33. The number of halogens is 1. The Hall–Kier alpha value is -0.800. The Morgan fingerprint density at radius 1 is 1.44 bits per heavy atom. The fraction of sp³-hybridized carbons (Fsp3) is 0.500. The van der Waals surface area contributed by atoms with Crippen molar-refractivity contribution in [2.75, 3.05) is 13.6 Å². The van der Waals surface area contributed by atoms with Crippen LogP contribution in [0.15, 0.2) is 24.3 Å². The maximum atomic E-state index is 6.20. The van der Waals surface area contributed by atoms with Crippen molar-refractivity contribution >= 4 is 28.9 Å². The van der Waals surface area contributed by atoms with E-state index in [0.717, 1.165) is 28.7 Å². The minimum absolute atomic E-state index is 0.167. The lowest BCUT2D eigenvalue weighted by Crippen LogP contribution is -2.39. The van der Waals surface area contributed by atoms with Crippen LogP contribution in [-0.4, -0.2) is 23.6 Å². The fourth-order valence-corrected chi connectivity index (χ4v) is 2.25. The molecule has 0 saturated carbocycles. The van der Waals surface area contributed by atoms with Gasteiger partial charge in [-0.3, -0.25) is 0 Å². The molecular weight excluding hydrogens is 264 g/mol. The van der Waals surface area contributed by atoms with Crippen LogP contribution in [0.1, 0.15) is 38.3 Å². The van der Waals surface area contributed by atoms with Crippen molar-refractivity contribution in [1.29, 1.82) is 0 Å². The number of hydrogen-bond acceptors (Lipinski definition) is 1. The summed E-state index contributed by atoms with van der Waals surface area (Å²) in [5.41, 5.74) is 1.10. The summed E-state index contributed by atoms with van der Waals surface area (Å²) in [4.78, 5) is 2.05. The Morgan fingerprint density at radius 3 is 2.72 bits per heavy atom. The van der Waals surface area contributed by atoms with E-state index in [1.165, 1.54) is 6.42 Å². The minimum Gasteiger partial charge on any atom is -0.363 e. The molecule has 0 saturated heterocycles. The molecule has 1 aromatic rings. The molecule has 1 aromatic carbocycles. The highest BCUT2D eigenvalue weighted by atomic mass is 35.5. The van der Waals surface area contributed by atoms with Crippen molar-refractivity contribution in [3.8, 4) is 0 Å². The van der Waals surface area contributed by atoms with Crippen molar-refractivity contribution in [2.24, 2.45) is 0 Å². The lowest BCUT2D eigenvalue weighted by Gasteiger charge is -2.28. The zero-order chi connectivity index (χ0) is 13.5. The molecule has 0 aliphatic carbocycles. The number of nitrogens with one attached hydrogen (secondary N) is 1. The largest absolute Gasteiger partial charge is 0.363 e. The number of benzene rings is 1. The molecular formula is C14H21ClN2S. The molecule has 0 aliphatic heterocycles. The van der Waals surface area contributed by atoms with Gasteiger partial charge in [-0.05, 0) is 37.2 Å². The third kappa shape index (κ3) is 4.14. The number of rotatable bonds is 5. The molecule has 4 heteroatoms. The van der Waals surface area contributed by atoms with Crippen LogP contribution in [0, 0.1) is 0 Å². The van der Waals surface area contributed by atoms with E-state index >= 15 is 0 Å². The van der Waals surface area contributed by atoms with E-state index < -0.39 is 0 Å². The Labute approximate surface area is 120 Å². The maximum absolute atomic E-state index is 6.20. The van der Waals surface area contributed by atoms with E-state index in [9.17, 15) is 0 Å². The topological polar surface area (TPSA) is 15.3 Å². The first kappa shape index (κ1) is 15.3. The molecule has 0 fully saturated rings. The second-order valence-corrected chi connectivity index (χ2v) is 5.19. The zero-order valence-electron chi connectivity index (χ0n) is 11.2. The fourth-order valence-electron chi connectivity index (χ4n) is 1.70. The van der Waals surface area contributed by atoms with Gasteiger partial charge in [0.15, 0.2) is 5.11 Å². The van der Waals surface area contributed by atoms with Gasteiger partial charge >= 0.3 is 0 Å². The predicted molar refractivity (Wildman–Crippen MR) is 83.1 cm³/mol. The van der Waals surface area contributed by atoms with E-state index in [1.54, 1.807) is 0 Å². The average molecular weight is 285 g/mol. The second kappa shape index (κ2) is 7.59. The van der Waals surface area contributed by atoms with Crippen molar-refractivity contribution in [3.63, 3.8) is 0 Å². The predicted octanol–water partition coefficient (Wildman–Crippen LogP) is 4.01. The summed E-state index contributed by atoms with van der Waals surface area (Å²) < 4.78 is 0. The molecule has 1 N–H and O–H groups in total. The third-order valence-electron chi connectivity index (χ3n) is 3.06. The van der Waals surface area contributed by atoms with Gasteiger partial charge in [0.05, 0.1) is 6.04 Å². The van der Waals surface area contributed by atoms with Gasteiger partial charge in [0.1, 0.15) is 0 Å². The summed E-state index contributed by atoms with van der Waals surface area (Å²) in [7, 11) is 2.00. The SMILES string of the molecule is CCCCNC(=S)N(C)C(C)c1ccccc1Cl. The quantitative estimate of drug-likeness (QED) is 0.650. The molecule has 0 amide bonds. The lowest BCUT2D eigenvalue weighted by atomic mass is 10.1. The Kier molecular flexibility index (Phi) is 6.44. The third-order valence-corrected chi connectivity index (χ3v) is 3.84. The lowest BCUT2D eigenvalue weighted by molar-refractivity contribution is 0.395. The maximum Gasteiger partial charge on any atom is 0.169 e. The molecule has 2 nitrogen and oxygen atoms in total. The zero-order valence-corrected chi connectivity index (χ0v) is 12.8. The van der Waals surface area contributed by atoms with E-state index in [2.05, 4.69) is 19.2 Å². The van der Waals surface area contributed by atoms with Crippen molar-refractivity contribution in [1.82, 2.24) is 10.2 Å². The van der Waals surface area contributed by atoms with Gasteiger partial charge in [-0.25, -0.2) is 0 Å². The second-order valence-electron chi connectivity index (χ2n) is 4.39. The summed E-state index contributed by atoms with van der Waals surface area (Å²) in [6.45, 7) is 5.20. The van der Waals surface area contributed by atoms with Gasteiger partial charge in [0.25, 0.3) is 0 Å². The number of unbranched alkanes of at least 4 members (excludes halogenated alkanes) is 1. The smallest absolute Gasteiger partial charge is 0.169 e. The number of hydrogen-bond donors (Lipinski definition) is 1. The van der Waals surface area contributed by atoms with Gasteiger partial charge in [-0.15, -0.1) is 0 Å². The van der Waals surface area contributed by atoms with Crippen LogP contribution in [0.4, 0.5) is 0 Å². The van der Waals surface area contributed by atoms with E-state index in [0.29, 0.717) is 0 Å². The summed E-state index contributed by atoms with van der Waals surface area (Å²) in [5.74, 6) is 0. The summed E-state index contributed by atoms with van der Waals surface area (Å²) in [6.07, 6.45) is 2.30. The first-order valence-corrected chi connectivity index (χ1v) is 7.11. The first-order chi connectivity index (χ1) is 8.57. The molecule has 0 radical (unpaired) electrons. The summed E-state index contributed by atoms with van der Waals surface area (Å²) in [6, 6.07) is 8.06. The molecule has 100 valence electrons. The number of nitrogens with zero attached hydrogens (tertiary/aromatic N) is 1. The van der Waals surface area contributed by atoms with Crippen LogP contribution in [0.5, 0.6) is 0 Å². The molecule has 1 atom stereocenters. The minimum atomic E-state index is 0.167. The molecule has 0 spiro atoms. The van der Waals surface area contributed by atoms with Crippen molar-refractivity contribution in [3.05, 3.63) is 34.9 Å². The molecule has 0 heterocycles. The normalized spacial score (nSPS) is 12.0. The van der Waals surface area contributed by atoms with Crippen molar-refractivity contribution < 1.29 is 0 Å². The van der Waals surface area contributed by atoms with Gasteiger partial charge < -0.3 is 10.2 Å².